The number of carbonyl (C=O) groups excluding carboxylic acids is 1. The topological polar surface area (TPSA) is 94.2 Å². The molecule has 1 saturated carbocycles. The largest absolute Gasteiger partial charge is 0.497 e. The number of hydrogen-bond acceptors (Lipinski definition) is 8. The van der Waals surface area contributed by atoms with Crippen LogP contribution in [-0.4, -0.2) is 57.5 Å². The van der Waals surface area contributed by atoms with E-state index >= 15 is 0 Å². The van der Waals surface area contributed by atoms with Gasteiger partial charge in [-0.2, -0.15) is 0 Å². The van der Waals surface area contributed by atoms with E-state index in [0.717, 1.165) is 59.6 Å². The molecule has 2 aliphatic heterocycles. The lowest BCUT2D eigenvalue weighted by Crippen LogP contribution is -2.40. The van der Waals surface area contributed by atoms with E-state index in [1.807, 2.05) is 30.5 Å². The van der Waals surface area contributed by atoms with Gasteiger partial charge in [-0.15, -0.1) is 0 Å². The van der Waals surface area contributed by atoms with Crippen molar-refractivity contribution in [3.8, 4) is 23.0 Å². The molecule has 0 atom stereocenters. The highest BCUT2D eigenvalue weighted by Gasteiger charge is 2.28. The molecule has 0 unspecified atom stereocenters. The van der Waals surface area contributed by atoms with E-state index in [1.54, 1.807) is 14.2 Å². The predicted octanol–water partition coefficient (Wildman–Crippen LogP) is 4.13. The highest BCUT2D eigenvalue weighted by atomic mass is 16.5. The molecule has 3 aromatic rings. The summed E-state index contributed by atoms with van der Waals surface area (Å²) in [5, 5.41) is 7.69. The number of fused-ring (bicyclic) bond motifs is 4. The SMILES string of the molecule is COc1ccc2ncc3c(c2c1)N(CC1CCC(NCc2cc4c(c(OC)c2)OCC(=O)N4)CC1)CCO3. The summed E-state index contributed by atoms with van der Waals surface area (Å²) in [5.74, 6) is 3.42. The van der Waals surface area contributed by atoms with Crippen LogP contribution in [0.3, 0.4) is 0 Å². The molecular weight excluding hydrogens is 484 g/mol. The lowest BCUT2D eigenvalue weighted by atomic mass is 9.85. The Morgan fingerprint density at radius 1 is 1.11 bits per heavy atom. The molecule has 0 spiro atoms. The first-order valence-electron chi connectivity index (χ1n) is 13.3. The molecule has 0 radical (unpaired) electrons. The smallest absolute Gasteiger partial charge is 0.262 e. The standard InChI is InChI=1S/C29H34N4O5/c1-35-21-7-8-23-22(13-21)28-26(15-31-23)37-10-9-33(28)16-18-3-5-20(6-4-18)30-14-19-11-24-29(25(12-19)36-2)38-17-27(34)32-24/h7-8,11-13,15,18,20,30H,3-6,9-10,14,16-17H2,1-2H3,(H,32,34). The van der Waals surface area contributed by atoms with Crippen molar-refractivity contribution in [1.82, 2.24) is 10.3 Å². The van der Waals surface area contributed by atoms with Crippen LogP contribution in [0.25, 0.3) is 10.9 Å². The molecule has 3 aliphatic rings. The van der Waals surface area contributed by atoms with Crippen molar-refractivity contribution in [2.75, 3.05) is 50.7 Å². The first kappa shape index (κ1) is 24.6. The molecule has 1 aliphatic carbocycles. The van der Waals surface area contributed by atoms with Gasteiger partial charge in [-0.1, -0.05) is 0 Å². The van der Waals surface area contributed by atoms with Crippen LogP contribution in [0.1, 0.15) is 31.2 Å². The molecule has 3 heterocycles. The molecule has 9 heteroatoms. The second-order valence-electron chi connectivity index (χ2n) is 10.3. The monoisotopic (exact) mass is 518 g/mol. The van der Waals surface area contributed by atoms with Crippen LogP contribution in [0, 0.1) is 5.92 Å². The number of aromatic nitrogens is 1. The Hall–Kier alpha value is -3.72. The molecular formula is C29H34N4O5. The van der Waals surface area contributed by atoms with E-state index in [-0.39, 0.29) is 12.5 Å². The molecule has 0 saturated heterocycles. The fourth-order valence-corrected chi connectivity index (χ4v) is 5.86. The first-order valence-corrected chi connectivity index (χ1v) is 13.3. The van der Waals surface area contributed by atoms with Crippen molar-refractivity contribution in [2.45, 2.75) is 38.3 Å². The number of pyridine rings is 1. The zero-order valence-electron chi connectivity index (χ0n) is 21.9. The zero-order chi connectivity index (χ0) is 26.1. The van der Waals surface area contributed by atoms with Gasteiger partial charge in [0.1, 0.15) is 12.4 Å². The van der Waals surface area contributed by atoms with Crippen LogP contribution in [-0.2, 0) is 11.3 Å². The Kier molecular flexibility index (Phi) is 6.84. The number of nitrogens with one attached hydrogen (secondary N) is 2. The van der Waals surface area contributed by atoms with Crippen molar-refractivity contribution in [2.24, 2.45) is 5.92 Å². The Balaban J connectivity index is 1.08. The minimum Gasteiger partial charge on any atom is -0.497 e. The summed E-state index contributed by atoms with van der Waals surface area (Å²) in [6.07, 6.45) is 6.47. The Morgan fingerprint density at radius 3 is 2.79 bits per heavy atom. The van der Waals surface area contributed by atoms with Crippen molar-refractivity contribution < 1.29 is 23.7 Å². The average molecular weight is 519 g/mol. The maximum absolute atomic E-state index is 11.8. The Morgan fingerprint density at radius 2 is 1.97 bits per heavy atom. The number of rotatable bonds is 7. The molecule has 1 aromatic heterocycles. The van der Waals surface area contributed by atoms with Gasteiger partial charge < -0.3 is 34.5 Å². The fraction of sp³-hybridized carbons (Fsp3) is 0.448. The predicted molar refractivity (Wildman–Crippen MR) is 146 cm³/mol. The van der Waals surface area contributed by atoms with Gasteiger partial charge in [0.2, 0.25) is 0 Å². The van der Waals surface area contributed by atoms with E-state index < -0.39 is 0 Å². The van der Waals surface area contributed by atoms with Gasteiger partial charge in [0.25, 0.3) is 5.91 Å². The van der Waals surface area contributed by atoms with Gasteiger partial charge in [0, 0.05) is 24.5 Å². The lowest BCUT2D eigenvalue weighted by Gasteiger charge is -2.37. The molecule has 1 fully saturated rings. The second kappa shape index (κ2) is 10.6. The van der Waals surface area contributed by atoms with E-state index in [1.165, 1.54) is 12.8 Å². The number of benzene rings is 2. The van der Waals surface area contributed by atoms with Crippen molar-refractivity contribution in [3.63, 3.8) is 0 Å². The van der Waals surface area contributed by atoms with Crippen LogP contribution >= 0.6 is 0 Å². The average Bonchev–Trinajstić information content (AvgIpc) is 2.95. The molecule has 1 amide bonds. The third-order valence-electron chi connectivity index (χ3n) is 7.82. The first-order chi connectivity index (χ1) is 18.6. The van der Waals surface area contributed by atoms with Crippen LogP contribution in [0.5, 0.6) is 23.0 Å². The van der Waals surface area contributed by atoms with E-state index in [2.05, 4.69) is 26.6 Å². The third-order valence-corrected chi connectivity index (χ3v) is 7.82. The van der Waals surface area contributed by atoms with Crippen LogP contribution in [0.15, 0.2) is 36.5 Å². The summed E-state index contributed by atoms with van der Waals surface area (Å²) in [7, 11) is 3.32. The number of ether oxygens (including phenoxy) is 4. The van der Waals surface area contributed by atoms with Crippen molar-refractivity contribution in [1.29, 1.82) is 0 Å². The van der Waals surface area contributed by atoms with Crippen LogP contribution in [0.2, 0.25) is 0 Å². The second-order valence-corrected chi connectivity index (χ2v) is 10.3. The van der Waals surface area contributed by atoms with E-state index in [0.29, 0.717) is 42.3 Å². The van der Waals surface area contributed by atoms with Crippen molar-refractivity contribution >= 4 is 28.2 Å². The molecule has 38 heavy (non-hydrogen) atoms. The molecule has 9 nitrogen and oxygen atoms in total. The maximum atomic E-state index is 11.8. The molecule has 2 N–H and O–H groups in total. The summed E-state index contributed by atoms with van der Waals surface area (Å²) < 4.78 is 22.5. The van der Waals surface area contributed by atoms with Gasteiger partial charge >= 0.3 is 0 Å². The van der Waals surface area contributed by atoms with Crippen molar-refractivity contribution in [3.05, 3.63) is 42.1 Å². The highest BCUT2D eigenvalue weighted by Crippen LogP contribution is 2.41. The Labute approximate surface area is 222 Å². The number of methoxy groups -OCH3 is 2. The minimum atomic E-state index is -0.144. The van der Waals surface area contributed by atoms with Crippen LogP contribution in [0.4, 0.5) is 11.4 Å². The third kappa shape index (κ3) is 4.90. The van der Waals surface area contributed by atoms with E-state index in [4.69, 9.17) is 18.9 Å². The molecule has 0 bridgehead atoms. The van der Waals surface area contributed by atoms with Crippen LogP contribution < -0.4 is 34.5 Å². The normalized spacial score (nSPS) is 20.6. The fourth-order valence-electron chi connectivity index (χ4n) is 5.86. The quantitative estimate of drug-likeness (QED) is 0.482. The number of nitrogens with zero attached hydrogens (tertiary/aromatic N) is 2. The van der Waals surface area contributed by atoms with Gasteiger partial charge in [-0.3, -0.25) is 9.78 Å². The minimum absolute atomic E-state index is 0.0154. The summed E-state index contributed by atoms with van der Waals surface area (Å²) in [6, 6.07) is 10.4. The van der Waals surface area contributed by atoms with Gasteiger partial charge in [-0.05, 0) is 67.5 Å². The van der Waals surface area contributed by atoms with E-state index in [9.17, 15) is 4.79 Å². The molecule has 200 valence electrons. The molecule has 6 rings (SSSR count). The zero-order valence-corrected chi connectivity index (χ0v) is 21.9. The number of anilines is 2. The van der Waals surface area contributed by atoms with Gasteiger partial charge in [0.15, 0.2) is 23.9 Å². The molecule has 2 aromatic carbocycles. The maximum Gasteiger partial charge on any atom is 0.262 e. The lowest BCUT2D eigenvalue weighted by molar-refractivity contribution is -0.118. The summed E-state index contributed by atoms with van der Waals surface area (Å²) in [5.41, 5.74) is 3.83. The summed E-state index contributed by atoms with van der Waals surface area (Å²) in [4.78, 5) is 18.8. The highest BCUT2D eigenvalue weighted by molar-refractivity contribution is 5.97. The number of amides is 1. The summed E-state index contributed by atoms with van der Waals surface area (Å²) in [6.45, 7) is 3.30. The summed E-state index contributed by atoms with van der Waals surface area (Å²) >= 11 is 0. The number of hydrogen-bond donors (Lipinski definition) is 2. The van der Waals surface area contributed by atoms with Gasteiger partial charge in [0.05, 0.1) is 43.9 Å². The Bertz CT molecular complexity index is 1330. The van der Waals surface area contributed by atoms with Gasteiger partial charge in [-0.25, -0.2) is 0 Å². The number of carbonyl (C=O) groups is 1.